The van der Waals surface area contributed by atoms with Crippen LogP contribution < -0.4 is 10.2 Å². The minimum atomic E-state index is 0.653. The number of fused-ring (bicyclic) bond motifs is 1. The Morgan fingerprint density at radius 3 is 2.85 bits per heavy atom. The van der Waals surface area contributed by atoms with E-state index in [0.717, 1.165) is 43.1 Å². The second-order valence-corrected chi connectivity index (χ2v) is 6.80. The zero-order chi connectivity index (χ0) is 13.4. The number of hydrogen-bond donors (Lipinski definition) is 2. The van der Waals surface area contributed by atoms with Crippen LogP contribution in [0.2, 0.25) is 0 Å². The van der Waals surface area contributed by atoms with E-state index < -0.39 is 0 Å². The molecule has 4 rings (SSSR count). The molecule has 3 fully saturated rings. The highest BCUT2D eigenvalue weighted by Gasteiger charge is 2.35. The quantitative estimate of drug-likeness (QED) is 0.882. The SMILES string of the molecule is C1CCC(Cc2nc(N3CC4CCCNC4C3)n[nH]2)C1. The standard InChI is InChI=1S/C15H25N5/c1-2-5-11(4-1)8-14-17-15(19-18-14)20-9-12-6-3-7-16-13(12)10-20/h11-13,16H,1-10H2,(H,17,18,19). The molecule has 110 valence electrons. The van der Waals surface area contributed by atoms with Gasteiger partial charge in [-0.25, -0.2) is 0 Å². The van der Waals surface area contributed by atoms with Crippen LogP contribution in [-0.4, -0.2) is 40.9 Å². The van der Waals surface area contributed by atoms with E-state index in [2.05, 4.69) is 20.4 Å². The van der Waals surface area contributed by atoms with Crippen molar-refractivity contribution in [2.45, 2.75) is 51.0 Å². The van der Waals surface area contributed by atoms with E-state index in [1.165, 1.54) is 45.1 Å². The Hall–Kier alpha value is -1.10. The molecule has 2 unspecified atom stereocenters. The van der Waals surface area contributed by atoms with Crippen LogP contribution in [0, 0.1) is 11.8 Å². The van der Waals surface area contributed by atoms with Crippen molar-refractivity contribution in [3.8, 4) is 0 Å². The molecule has 1 saturated carbocycles. The van der Waals surface area contributed by atoms with Gasteiger partial charge in [0.05, 0.1) is 0 Å². The van der Waals surface area contributed by atoms with Gasteiger partial charge in [-0.3, -0.25) is 5.10 Å². The van der Waals surface area contributed by atoms with Crippen molar-refractivity contribution in [3.05, 3.63) is 5.82 Å². The zero-order valence-electron chi connectivity index (χ0n) is 12.1. The summed E-state index contributed by atoms with van der Waals surface area (Å²) in [6.07, 6.45) is 9.29. The molecule has 5 nitrogen and oxygen atoms in total. The van der Waals surface area contributed by atoms with E-state index in [4.69, 9.17) is 4.98 Å². The van der Waals surface area contributed by atoms with Gasteiger partial charge in [-0.15, -0.1) is 5.10 Å². The molecule has 20 heavy (non-hydrogen) atoms. The molecule has 0 radical (unpaired) electrons. The third-order valence-electron chi connectivity index (χ3n) is 5.36. The molecule has 0 bridgehead atoms. The average Bonchev–Trinajstić information content (AvgIpc) is 3.18. The van der Waals surface area contributed by atoms with Gasteiger partial charge in [0.15, 0.2) is 0 Å². The number of aromatic nitrogens is 3. The van der Waals surface area contributed by atoms with E-state index in [9.17, 15) is 0 Å². The maximum atomic E-state index is 4.75. The Kier molecular flexibility index (Phi) is 3.38. The Labute approximate surface area is 120 Å². The molecular formula is C15H25N5. The average molecular weight is 275 g/mol. The first-order chi connectivity index (χ1) is 9.88. The summed E-state index contributed by atoms with van der Waals surface area (Å²) in [6.45, 7) is 3.37. The minimum absolute atomic E-state index is 0.653. The van der Waals surface area contributed by atoms with Crippen LogP contribution in [-0.2, 0) is 6.42 Å². The molecule has 1 aromatic rings. The molecule has 3 heterocycles. The van der Waals surface area contributed by atoms with Crippen molar-refractivity contribution in [1.29, 1.82) is 0 Å². The number of rotatable bonds is 3. The van der Waals surface area contributed by atoms with E-state index in [-0.39, 0.29) is 0 Å². The molecule has 5 heteroatoms. The summed E-state index contributed by atoms with van der Waals surface area (Å²) in [5, 5.41) is 11.3. The molecule has 0 aromatic carbocycles. The van der Waals surface area contributed by atoms with Crippen molar-refractivity contribution in [1.82, 2.24) is 20.5 Å². The third kappa shape index (κ3) is 2.43. The van der Waals surface area contributed by atoms with Gasteiger partial charge >= 0.3 is 0 Å². The highest BCUT2D eigenvalue weighted by Crippen LogP contribution is 2.29. The van der Waals surface area contributed by atoms with Gasteiger partial charge in [0.25, 0.3) is 0 Å². The first-order valence-electron chi connectivity index (χ1n) is 8.28. The Balaban J connectivity index is 1.40. The number of nitrogens with zero attached hydrogens (tertiary/aromatic N) is 3. The lowest BCUT2D eigenvalue weighted by Gasteiger charge is -2.24. The lowest BCUT2D eigenvalue weighted by atomic mass is 9.94. The Bertz CT molecular complexity index is 437. The fourth-order valence-corrected chi connectivity index (χ4v) is 4.22. The molecule has 2 atom stereocenters. The van der Waals surface area contributed by atoms with E-state index >= 15 is 0 Å². The maximum absolute atomic E-state index is 4.75. The number of H-pyrrole nitrogens is 1. The molecule has 1 aromatic heterocycles. The predicted molar refractivity (Wildman–Crippen MR) is 78.8 cm³/mol. The van der Waals surface area contributed by atoms with Crippen molar-refractivity contribution >= 4 is 5.95 Å². The van der Waals surface area contributed by atoms with Crippen LogP contribution in [0.15, 0.2) is 0 Å². The van der Waals surface area contributed by atoms with Crippen LogP contribution in [0.3, 0.4) is 0 Å². The van der Waals surface area contributed by atoms with Gasteiger partial charge in [0.1, 0.15) is 5.82 Å². The normalized spacial score (nSPS) is 30.9. The summed E-state index contributed by atoms with van der Waals surface area (Å²) in [5.41, 5.74) is 0. The highest BCUT2D eigenvalue weighted by atomic mass is 15.4. The van der Waals surface area contributed by atoms with Gasteiger partial charge in [0, 0.05) is 25.6 Å². The predicted octanol–water partition coefficient (Wildman–Crippen LogP) is 1.73. The lowest BCUT2D eigenvalue weighted by molar-refractivity contribution is 0.340. The third-order valence-corrected chi connectivity index (χ3v) is 5.36. The van der Waals surface area contributed by atoms with Crippen LogP contribution in [0.25, 0.3) is 0 Å². The van der Waals surface area contributed by atoms with Crippen LogP contribution in [0.5, 0.6) is 0 Å². The molecule has 0 spiro atoms. The van der Waals surface area contributed by atoms with Crippen molar-refractivity contribution in [3.63, 3.8) is 0 Å². The monoisotopic (exact) mass is 275 g/mol. The topological polar surface area (TPSA) is 56.8 Å². The van der Waals surface area contributed by atoms with Gasteiger partial charge in [-0.1, -0.05) is 25.7 Å². The van der Waals surface area contributed by atoms with Crippen molar-refractivity contribution < 1.29 is 0 Å². The maximum Gasteiger partial charge on any atom is 0.244 e. The summed E-state index contributed by atoms with van der Waals surface area (Å²) < 4.78 is 0. The molecule has 1 aliphatic carbocycles. The lowest BCUT2D eigenvalue weighted by Crippen LogP contribution is -2.40. The summed E-state index contributed by atoms with van der Waals surface area (Å²) in [6, 6.07) is 0.653. The molecule has 3 aliphatic rings. The smallest absolute Gasteiger partial charge is 0.244 e. The van der Waals surface area contributed by atoms with Crippen molar-refractivity contribution in [2.24, 2.45) is 11.8 Å². The highest BCUT2D eigenvalue weighted by molar-refractivity contribution is 5.32. The first-order valence-corrected chi connectivity index (χ1v) is 8.28. The fraction of sp³-hybridized carbons (Fsp3) is 0.867. The molecule has 2 N–H and O–H groups in total. The molecular weight excluding hydrogens is 250 g/mol. The Morgan fingerprint density at radius 2 is 2.00 bits per heavy atom. The number of piperidine rings is 1. The summed E-state index contributed by atoms with van der Waals surface area (Å²) in [4.78, 5) is 7.11. The van der Waals surface area contributed by atoms with Gasteiger partial charge < -0.3 is 10.2 Å². The molecule has 2 saturated heterocycles. The Morgan fingerprint density at radius 1 is 1.10 bits per heavy atom. The van der Waals surface area contributed by atoms with Crippen LogP contribution in [0.1, 0.15) is 44.3 Å². The van der Waals surface area contributed by atoms with Crippen LogP contribution in [0.4, 0.5) is 5.95 Å². The summed E-state index contributed by atoms with van der Waals surface area (Å²) >= 11 is 0. The van der Waals surface area contributed by atoms with E-state index in [1.807, 2.05) is 0 Å². The van der Waals surface area contributed by atoms with E-state index in [0.29, 0.717) is 6.04 Å². The van der Waals surface area contributed by atoms with Gasteiger partial charge in [0.2, 0.25) is 5.95 Å². The molecule has 0 amide bonds. The first kappa shape index (κ1) is 12.6. The fourth-order valence-electron chi connectivity index (χ4n) is 4.22. The van der Waals surface area contributed by atoms with Crippen LogP contribution >= 0.6 is 0 Å². The number of hydrogen-bond acceptors (Lipinski definition) is 4. The summed E-state index contributed by atoms with van der Waals surface area (Å²) in [5.74, 6) is 3.64. The number of anilines is 1. The largest absolute Gasteiger partial charge is 0.338 e. The molecule has 2 aliphatic heterocycles. The van der Waals surface area contributed by atoms with Gasteiger partial charge in [-0.2, -0.15) is 4.98 Å². The number of nitrogens with one attached hydrogen (secondary N) is 2. The van der Waals surface area contributed by atoms with Gasteiger partial charge in [-0.05, 0) is 31.2 Å². The van der Waals surface area contributed by atoms with E-state index in [1.54, 1.807) is 0 Å². The summed E-state index contributed by atoms with van der Waals surface area (Å²) in [7, 11) is 0. The van der Waals surface area contributed by atoms with Crippen molar-refractivity contribution in [2.75, 3.05) is 24.5 Å². The minimum Gasteiger partial charge on any atom is -0.338 e. The second kappa shape index (κ2) is 5.35. The zero-order valence-corrected chi connectivity index (χ0v) is 12.1. The number of aromatic amines is 1. The second-order valence-electron chi connectivity index (χ2n) is 6.80.